The number of para-hydroxylation sites is 1. The molecule has 26 heavy (non-hydrogen) atoms. The number of carbonyl (C=O) groups excluding carboxylic acids is 1. The molecule has 2 aromatic carbocycles. The Hall–Kier alpha value is -2.94. The van der Waals surface area contributed by atoms with Crippen LogP contribution < -0.4 is 4.18 Å². The number of hydrogen-bond donors (Lipinski definition) is 0. The first kappa shape index (κ1) is 19.4. The molecule has 0 fully saturated rings. The second-order valence-electron chi connectivity index (χ2n) is 5.37. The summed E-state index contributed by atoms with van der Waals surface area (Å²) in [5, 5.41) is 9.21. The van der Waals surface area contributed by atoms with Crippen LogP contribution >= 0.6 is 0 Å². The minimum absolute atomic E-state index is 0.00526. The van der Waals surface area contributed by atoms with E-state index < -0.39 is 38.7 Å². The second-order valence-corrected chi connectivity index (χ2v) is 7.03. The fraction of sp³-hybridized carbons (Fsp3) is 0.235. The first-order chi connectivity index (χ1) is 12.3. The first-order valence-electron chi connectivity index (χ1n) is 7.58. The van der Waals surface area contributed by atoms with Gasteiger partial charge in [-0.15, -0.1) is 0 Å². The van der Waals surface area contributed by atoms with Crippen molar-refractivity contribution in [3.05, 3.63) is 76.3 Å². The van der Waals surface area contributed by atoms with Crippen LogP contribution in [0.2, 0.25) is 0 Å². The summed E-state index contributed by atoms with van der Waals surface area (Å²) in [5.41, 5.74) is 0.319. The minimum Gasteiger partial charge on any atom is -0.468 e. The standard InChI is InChI=1S/C17H17NO7S/c1-24-17(19)16(26(22,23)25-14-10-6-3-7-11-14)15(12-18(20)21)13-8-4-2-5-9-13/h2-11,15-16H,12H2,1H3/t15-,16-/m0/s1. The SMILES string of the molecule is COC(=O)[C@H]([C@@H](C[N+](=O)[O-])c1ccccc1)S(=O)(=O)Oc1ccccc1. The topological polar surface area (TPSA) is 113 Å². The van der Waals surface area contributed by atoms with Crippen LogP contribution in [0.5, 0.6) is 5.75 Å². The number of ether oxygens (including phenoxy) is 1. The molecule has 0 aliphatic carbocycles. The van der Waals surface area contributed by atoms with Gasteiger partial charge in [0.2, 0.25) is 11.8 Å². The molecule has 0 N–H and O–H groups in total. The summed E-state index contributed by atoms with van der Waals surface area (Å²) in [5.74, 6) is -2.40. The van der Waals surface area contributed by atoms with E-state index >= 15 is 0 Å². The van der Waals surface area contributed by atoms with Crippen molar-refractivity contribution in [1.29, 1.82) is 0 Å². The quantitative estimate of drug-likeness (QED) is 0.298. The number of rotatable bonds is 8. The second kappa shape index (κ2) is 8.43. The van der Waals surface area contributed by atoms with E-state index in [2.05, 4.69) is 4.74 Å². The van der Waals surface area contributed by atoms with Crippen molar-refractivity contribution in [1.82, 2.24) is 0 Å². The Morgan fingerprint density at radius 1 is 1.08 bits per heavy atom. The molecule has 0 saturated heterocycles. The molecule has 0 heterocycles. The largest absolute Gasteiger partial charge is 0.468 e. The van der Waals surface area contributed by atoms with Gasteiger partial charge in [0, 0.05) is 4.92 Å². The molecule has 0 bridgehead atoms. The van der Waals surface area contributed by atoms with E-state index in [1.165, 1.54) is 24.3 Å². The summed E-state index contributed by atoms with van der Waals surface area (Å²) in [6.07, 6.45) is 0. The molecule has 0 aromatic heterocycles. The van der Waals surface area contributed by atoms with Crippen LogP contribution in [0.15, 0.2) is 60.7 Å². The van der Waals surface area contributed by atoms with Crippen molar-refractivity contribution in [3.63, 3.8) is 0 Å². The van der Waals surface area contributed by atoms with Gasteiger partial charge in [0.15, 0.2) is 0 Å². The van der Waals surface area contributed by atoms with Gasteiger partial charge in [-0.05, 0) is 17.7 Å². The lowest BCUT2D eigenvalue weighted by Crippen LogP contribution is -2.42. The molecule has 8 nitrogen and oxygen atoms in total. The van der Waals surface area contributed by atoms with E-state index in [-0.39, 0.29) is 5.75 Å². The van der Waals surface area contributed by atoms with E-state index in [0.717, 1.165) is 7.11 Å². The van der Waals surface area contributed by atoms with Crippen molar-refractivity contribution in [2.45, 2.75) is 11.2 Å². The van der Waals surface area contributed by atoms with Crippen LogP contribution in [-0.4, -0.2) is 38.2 Å². The average molecular weight is 379 g/mol. The van der Waals surface area contributed by atoms with Crippen molar-refractivity contribution < 1.29 is 27.1 Å². The van der Waals surface area contributed by atoms with Gasteiger partial charge in [0.25, 0.3) is 0 Å². The molecular weight excluding hydrogens is 362 g/mol. The number of benzene rings is 2. The maximum atomic E-state index is 12.8. The van der Waals surface area contributed by atoms with Crippen molar-refractivity contribution in [3.8, 4) is 5.75 Å². The van der Waals surface area contributed by atoms with E-state index in [0.29, 0.717) is 5.56 Å². The van der Waals surface area contributed by atoms with Crippen molar-refractivity contribution in [2.24, 2.45) is 0 Å². The first-order valence-corrected chi connectivity index (χ1v) is 9.05. The monoisotopic (exact) mass is 379 g/mol. The minimum atomic E-state index is -4.56. The number of nitrogens with zero attached hydrogens (tertiary/aromatic N) is 1. The molecule has 2 atom stereocenters. The van der Waals surface area contributed by atoms with E-state index in [9.17, 15) is 23.3 Å². The Kier molecular flexibility index (Phi) is 6.29. The molecule has 0 saturated carbocycles. The zero-order valence-corrected chi connectivity index (χ0v) is 14.7. The maximum Gasteiger partial charge on any atom is 0.328 e. The molecule has 2 aromatic rings. The average Bonchev–Trinajstić information content (AvgIpc) is 2.61. The fourth-order valence-electron chi connectivity index (χ4n) is 2.50. The summed E-state index contributed by atoms with van der Waals surface area (Å²) < 4.78 is 35.1. The highest BCUT2D eigenvalue weighted by Gasteiger charge is 2.45. The number of hydrogen-bond acceptors (Lipinski definition) is 7. The van der Waals surface area contributed by atoms with Crippen LogP contribution in [0.25, 0.3) is 0 Å². The summed E-state index contributed by atoms with van der Waals surface area (Å²) >= 11 is 0. The maximum absolute atomic E-state index is 12.8. The molecule has 9 heteroatoms. The van der Waals surface area contributed by atoms with Crippen LogP contribution in [0.3, 0.4) is 0 Å². The molecule has 2 rings (SSSR count). The predicted octanol–water partition coefficient (Wildman–Crippen LogP) is 2.00. The van der Waals surface area contributed by atoms with E-state index in [4.69, 9.17) is 4.18 Å². The Bertz CT molecular complexity index is 853. The Balaban J connectivity index is 2.49. The Morgan fingerprint density at radius 3 is 2.12 bits per heavy atom. The zero-order valence-electron chi connectivity index (χ0n) is 13.8. The lowest BCUT2D eigenvalue weighted by atomic mass is 9.95. The molecule has 0 spiro atoms. The molecule has 0 unspecified atom stereocenters. The Morgan fingerprint density at radius 2 is 1.62 bits per heavy atom. The normalized spacial score (nSPS) is 13.4. The third kappa shape index (κ3) is 4.79. The predicted molar refractivity (Wildman–Crippen MR) is 92.8 cm³/mol. The van der Waals surface area contributed by atoms with Gasteiger partial charge in [-0.1, -0.05) is 48.5 Å². The smallest absolute Gasteiger partial charge is 0.328 e. The van der Waals surface area contributed by atoms with Gasteiger partial charge in [0.05, 0.1) is 13.0 Å². The van der Waals surface area contributed by atoms with Crippen molar-refractivity contribution in [2.75, 3.05) is 13.7 Å². The van der Waals surface area contributed by atoms with E-state index in [1.54, 1.807) is 36.4 Å². The highest BCUT2D eigenvalue weighted by Crippen LogP contribution is 2.28. The Labute approximate surface area is 150 Å². The summed E-state index contributed by atoms with van der Waals surface area (Å²) in [4.78, 5) is 22.7. The van der Waals surface area contributed by atoms with Gasteiger partial charge in [-0.25, -0.2) is 0 Å². The highest BCUT2D eigenvalue weighted by atomic mass is 32.2. The lowest BCUT2D eigenvalue weighted by molar-refractivity contribution is -0.483. The van der Waals surface area contributed by atoms with Gasteiger partial charge >= 0.3 is 16.1 Å². The molecule has 0 radical (unpaired) electrons. The van der Waals surface area contributed by atoms with Gasteiger partial charge in [-0.3, -0.25) is 14.9 Å². The fourth-order valence-corrected chi connectivity index (χ4v) is 3.96. The molecule has 0 amide bonds. The number of esters is 1. The third-order valence-electron chi connectivity index (χ3n) is 3.64. The number of carbonyl (C=O) groups is 1. The van der Waals surface area contributed by atoms with Gasteiger partial charge in [0.1, 0.15) is 5.75 Å². The summed E-state index contributed by atoms with van der Waals surface area (Å²) in [7, 11) is -3.54. The molecule has 0 aliphatic heterocycles. The van der Waals surface area contributed by atoms with Crippen LogP contribution in [0.4, 0.5) is 0 Å². The molecular formula is C17H17NO7S. The van der Waals surface area contributed by atoms with Crippen LogP contribution in [0, 0.1) is 10.1 Å². The number of nitro groups is 1. The van der Waals surface area contributed by atoms with Crippen LogP contribution in [-0.2, 0) is 19.6 Å². The third-order valence-corrected chi connectivity index (χ3v) is 5.21. The van der Waals surface area contributed by atoms with Crippen molar-refractivity contribution >= 4 is 16.1 Å². The van der Waals surface area contributed by atoms with Gasteiger partial charge < -0.3 is 8.92 Å². The zero-order chi connectivity index (χ0) is 19.2. The molecule has 0 aliphatic rings. The molecule has 138 valence electrons. The van der Waals surface area contributed by atoms with E-state index in [1.807, 2.05) is 0 Å². The summed E-state index contributed by atoms with van der Waals surface area (Å²) in [6.45, 7) is -0.777. The highest BCUT2D eigenvalue weighted by molar-refractivity contribution is 7.88. The van der Waals surface area contributed by atoms with Crippen LogP contribution in [0.1, 0.15) is 11.5 Å². The summed E-state index contributed by atoms with van der Waals surface area (Å²) in [6, 6.07) is 15.5. The van der Waals surface area contributed by atoms with Gasteiger partial charge in [-0.2, -0.15) is 8.42 Å². The lowest BCUT2D eigenvalue weighted by Gasteiger charge is -2.22. The number of methoxy groups -OCH3 is 1.